The lowest BCUT2D eigenvalue weighted by atomic mass is 10.0. The monoisotopic (exact) mass is 259 g/mol. The number of hydrogen-bond acceptors (Lipinski definition) is 2. The number of rotatable bonds is 3. The summed E-state index contributed by atoms with van der Waals surface area (Å²) in [5, 5.41) is 3.74. The maximum absolute atomic E-state index is 5.67. The van der Waals surface area contributed by atoms with Crippen LogP contribution in [0.5, 0.6) is 5.75 Å². The molecule has 2 nitrogen and oxygen atoms in total. The number of ether oxygens (including phenoxy) is 1. The molecule has 2 aliphatic rings. The molecule has 3 rings (SSSR count). The van der Waals surface area contributed by atoms with E-state index in [0.717, 1.165) is 31.4 Å². The van der Waals surface area contributed by atoms with Gasteiger partial charge in [0.1, 0.15) is 5.75 Å². The van der Waals surface area contributed by atoms with Crippen LogP contribution in [0.3, 0.4) is 0 Å². The van der Waals surface area contributed by atoms with E-state index >= 15 is 0 Å². The second-order valence-electron chi connectivity index (χ2n) is 5.96. The molecule has 1 aromatic rings. The van der Waals surface area contributed by atoms with Crippen molar-refractivity contribution >= 4 is 0 Å². The van der Waals surface area contributed by atoms with Crippen LogP contribution in [0.15, 0.2) is 18.2 Å². The van der Waals surface area contributed by atoms with Gasteiger partial charge in [-0.25, -0.2) is 0 Å². The normalized spacial score (nSPS) is 20.4. The van der Waals surface area contributed by atoms with E-state index in [9.17, 15) is 0 Å². The molecule has 19 heavy (non-hydrogen) atoms. The van der Waals surface area contributed by atoms with Crippen molar-refractivity contribution < 1.29 is 4.74 Å². The molecule has 0 unspecified atom stereocenters. The van der Waals surface area contributed by atoms with Gasteiger partial charge >= 0.3 is 0 Å². The Hall–Kier alpha value is -1.02. The van der Waals surface area contributed by atoms with Crippen LogP contribution in [0, 0.1) is 0 Å². The van der Waals surface area contributed by atoms with E-state index in [1.807, 2.05) is 0 Å². The van der Waals surface area contributed by atoms with Crippen LogP contribution in [0.4, 0.5) is 0 Å². The van der Waals surface area contributed by atoms with Gasteiger partial charge in [-0.1, -0.05) is 37.8 Å². The summed E-state index contributed by atoms with van der Waals surface area (Å²) in [5.74, 6) is 1.10. The van der Waals surface area contributed by atoms with Crippen LogP contribution in [0.25, 0.3) is 0 Å². The van der Waals surface area contributed by atoms with Crippen molar-refractivity contribution in [2.45, 2.75) is 64.0 Å². The standard InChI is InChI=1S/C17H25NO/c1-2-4-8-16(7-3-1)18-13-14-9-10-17-15(12-14)6-5-11-19-17/h9-10,12,16,18H,1-8,11,13H2. The molecule has 0 saturated heterocycles. The average molecular weight is 259 g/mol. The Morgan fingerprint density at radius 2 is 1.89 bits per heavy atom. The zero-order valence-corrected chi connectivity index (χ0v) is 11.8. The molecule has 1 N–H and O–H groups in total. The minimum absolute atomic E-state index is 0.731. The van der Waals surface area contributed by atoms with Gasteiger partial charge in [0, 0.05) is 12.6 Å². The van der Waals surface area contributed by atoms with E-state index in [0.29, 0.717) is 0 Å². The summed E-state index contributed by atoms with van der Waals surface area (Å²) in [5.41, 5.74) is 2.81. The first-order valence-electron chi connectivity index (χ1n) is 7.90. The Bertz CT molecular complexity index is 408. The lowest BCUT2D eigenvalue weighted by Crippen LogP contribution is -2.27. The molecule has 0 spiro atoms. The first-order chi connectivity index (χ1) is 9.42. The van der Waals surface area contributed by atoms with Gasteiger partial charge in [-0.2, -0.15) is 0 Å². The average Bonchev–Trinajstić information content (AvgIpc) is 2.73. The van der Waals surface area contributed by atoms with E-state index in [2.05, 4.69) is 23.5 Å². The largest absolute Gasteiger partial charge is 0.493 e. The number of benzene rings is 1. The van der Waals surface area contributed by atoms with Crippen LogP contribution in [0.2, 0.25) is 0 Å². The summed E-state index contributed by atoms with van der Waals surface area (Å²) < 4.78 is 5.67. The number of aryl methyl sites for hydroxylation is 1. The lowest BCUT2D eigenvalue weighted by molar-refractivity contribution is 0.288. The van der Waals surface area contributed by atoms with Crippen LogP contribution < -0.4 is 10.1 Å². The molecule has 1 fully saturated rings. The quantitative estimate of drug-likeness (QED) is 0.833. The fourth-order valence-corrected chi connectivity index (χ4v) is 3.27. The molecule has 0 bridgehead atoms. The van der Waals surface area contributed by atoms with E-state index in [-0.39, 0.29) is 0 Å². The minimum Gasteiger partial charge on any atom is -0.493 e. The van der Waals surface area contributed by atoms with Gasteiger partial charge in [0.2, 0.25) is 0 Å². The van der Waals surface area contributed by atoms with Gasteiger partial charge in [0.05, 0.1) is 6.61 Å². The van der Waals surface area contributed by atoms with Crippen LogP contribution in [-0.2, 0) is 13.0 Å². The van der Waals surface area contributed by atoms with Gasteiger partial charge in [0.15, 0.2) is 0 Å². The molecule has 104 valence electrons. The number of hydrogen-bond donors (Lipinski definition) is 1. The van der Waals surface area contributed by atoms with Gasteiger partial charge in [0.25, 0.3) is 0 Å². The molecule has 2 heteroatoms. The second-order valence-corrected chi connectivity index (χ2v) is 5.96. The third-order valence-corrected chi connectivity index (χ3v) is 4.42. The molecule has 0 amide bonds. The Labute approximate surface area is 116 Å². The third-order valence-electron chi connectivity index (χ3n) is 4.42. The van der Waals surface area contributed by atoms with Gasteiger partial charge in [-0.3, -0.25) is 0 Å². The third kappa shape index (κ3) is 3.50. The molecule has 1 aliphatic carbocycles. The predicted octanol–water partition coefficient (Wildman–Crippen LogP) is 3.82. The SMILES string of the molecule is c1cc2c(cc1CNC1CCCCCC1)CCCO2. The zero-order chi connectivity index (χ0) is 12.9. The molecule has 0 aromatic heterocycles. The highest BCUT2D eigenvalue weighted by Gasteiger charge is 2.13. The van der Waals surface area contributed by atoms with E-state index in [4.69, 9.17) is 4.74 Å². The fourth-order valence-electron chi connectivity index (χ4n) is 3.27. The Kier molecular flexibility index (Phi) is 4.39. The topological polar surface area (TPSA) is 21.3 Å². The van der Waals surface area contributed by atoms with Gasteiger partial charge < -0.3 is 10.1 Å². The fraction of sp³-hybridized carbons (Fsp3) is 0.647. The van der Waals surface area contributed by atoms with Crippen molar-refractivity contribution in [1.82, 2.24) is 5.32 Å². The number of nitrogens with one attached hydrogen (secondary N) is 1. The van der Waals surface area contributed by atoms with Crippen molar-refractivity contribution in [3.8, 4) is 5.75 Å². The van der Waals surface area contributed by atoms with Crippen LogP contribution in [0.1, 0.15) is 56.1 Å². The first kappa shape index (κ1) is 13.0. The van der Waals surface area contributed by atoms with E-state index < -0.39 is 0 Å². The highest BCUT2D eigenvalue weighted by atomic mass is 16.5. The summed E-state index contributed by atoms with van der Waals surface area (Å²) in [7, 11) is 0. The molecule has 0 atom stereocenters. The first-order valence-corrected chi connectivity index (χ1v) is 7.90. The van der Waals surface area contributed by atoms with E-state index in [1.54, 1.807) is 0 Å². The minimum atomic E-state index is 0.731. The predicted molar refractivity (Wildman–Crippen MR) is 78.6 cm³/mol. The molecular formula is C17H25NO. The van der Waals surface area contributed by atoms with Gasteiger partial charge in [-0.15, -0.1) is 0 Å². The molecule has 1 heterocycles. The van der Waals surface area contributed by atoms with Crippen molar-refractivity contribution in [3.05, 3.63) is 29.3 Å². The highest BCUT2D eigenvalue weighted by molar-refractivity contribution is 5.38. The highest BCUT2D eigenvalue weighted by Crippen LogP contribution is 2.25. The molecule has 1 saturated carbocycles. The molecule has 0 radical (unpaired) electrons. The zero-order valence-electron chi connectivity index (χ0n) is 11.8. The number of fused-ring (bicyclic) bond motifs is 1. The smallest absolute Gasteiger partial charge is 0.122 e. The van der Waals surface area contributed by atoms with Crippen molar-refractivity contribution in [2.75, 3.05) is 6.61 Å². The maximum atomic E-state index is 5.67. The maximum Gasteiger partial charge on any atom is 0.122 e. The van der Waals surface area contributed by atoms with Crippen molar-refractivity contribution in [1.29, 1.82) is 0 Å². The van der Waals surface area contributed by atoms with Crippen LogP contribution in [-0.4, -0.2) is 12.6 Å². The van der Waals surface area contributed by atoms with Gasteiger partial charge in [-0.05, 0) is 42.9 Å². The Morgan fingerprint density at radius 3 is 2.74 bits per heavy atom. The molecule has 1 aromatic carbocycles. The summed E-state index contributed by atoms with van der Waals surface area (Å²) in [4.78, 5) is 0. The Morgan fingerprint density at radius 1 is 1.05 bits per heavy atom. The second kappa shape index (κ2) is 6.42. The van der Waals surface area contributed by atoms with Crippen molar-refractivity contribution in [3.63, 3.8) is 0 Å². The summed E-state index contributed by atoms with van der Waals surface area (Å²) in [6.45, 7) is 1.89. The summed E-state index contributed by atoms with van der Waals surface area (Å²) >= 11 is 0. The lowest BCUT2D eigenvalue weighted by Gasteiger charge is -2.19. The van der Waals surface area contributed by atoms with E-state index in [1.165, 1.54) is 56.1 Å². The summed E-state index contributed by atoms with van der Waals surface area (Å²) in [6.07, 6.45) is 10.7. The molecular weight excluding hydrogens is 234 g/mol. The van der Waals surface area contributed by atoms with Crippen LogP contribution >= 0.6 is 0 Å². The summed E-state index contributed by atoms with van der Waals surface area (Å²) in [6, 6.07) is 7.43. The van der Waals surface area contributed by atoms with Crippen molar-refractivity contribution in [2.24, 2.45) is 0 Å². The Balaban J connectivity index is 1.57. The molecule has 1 aliphatic heterocycles.